The summed E-state index contributed by atoms with van der Waals surface area (Å²) >= 11 is 0. The Balaban J connectivity index is 1.73. The molecule has 3 aromatic rings. The highest BCUT2D eigenvalue weighted by Crippen LogP contribution is 2.25. The molecule has 26 heavy (non-hydrogen) atoms. The standard InChI is InChI=1S/C19H18FN3O3/c1-25-15-7-8-16(18(9-15)26-2)19(24)22-14-10-21-23(12-14)11-13-5-3-4-6-17(13)20/h3-10,12H,11H2,1-2H3,(H,22,24). The molecule has 2 aromatic carbocycles. The van der Waals surface area contributed by atoms with Crippen molar-refractivity contribution in [2.75, 3.05) is 19.5 Å². The lowest BCUT2D eigenvalue weighted by molar-refractivity contribution is 0.102. The highest BCUT2D eigenvalue weighted by Gasteiger charge is 2.14. The van der Waals surface area contributed by atoms with Gasteiger partial charge in [-0.05, 0) is 18.2 Å². The average Bonchev–Trinajstić information content (AvgIpc) is 3.09. The summed E-state index contributed by atoms with van der Waals surface area (Å²) in [6.45, 7) is 0.272. The molecule has 0 fully saturated rings. The van der Waals surface area contributed by atoms with Crippen LogP contribution in [0.3, 0.4) is 0 Å². The van der Waals surface area contributed by atoms with Crippen LogP contribution < -0.4 is 14.8 Å². The summed E-state index contributed by atoms with van der Waals surface area (Å²) < 4.78 is 25.6. The van der Waals surface area contributed by atoms with Crippen molar-refractivity contribution < 1.29 is 18.7 Å². The molecule has 3 rings (SSSR count). The fourth-order valence-corrected chi connectivity index (χ4v) is 2.50. The zero-order valence-electron chi connectivity index (χ0n) is 14.4. The summed E-state index contributed by atoms with van der Waals surface area (Å²) in [6, 6.07) is 11.4. The van der Waals surface area contributed by atoms with Gasteiger partial charge >= 0.3 is 0 Å². The van der Waals surface area contributed by atoms with Gasteiger partial charge in [0.15, 0.2) is 0 Å². The third-order valence-corrected chi connectivity index (χ3v) is 3.83. The van der Waals surface area contributed by atoms with E-state index in [-0.39, 0.29) is 18.3 Å². The number of hydrogen-bond donors (Lipinski definition) is 1. The summed E-state index contributed by atoms with van der Waals surface area (Å²) in [5, 5.41) is 6.91. The first-order valence-electron chi connectivity index (χ1n) is 7.90. The number of nitrogens with zero attached hydrogens (tertiary/aromatic N) is 2. The van der Waals surface area contributed by atoms with Crippen molar-refractivity contribution in [1.29, 1.82) is 0 Å². The Morgan fingerprint density at radius 3 is 2.73 bits per heavy atom. The number of benzene rings is 2. The molecule has 7 heteroatoms. The molecule has 1 amide bonds. The quantitative estimate of drug-likeness (QED) is 0.736. The van der Waals surface area contributed by atoms with Gasteiger partial charge in [-0.25, -0.2) is 4.39 Å². The number of amides is 1. The second kappa shape index (κ2) is 7.69. The minimum absolute atomic E-state index is 0.272. The van der Waals surface area contributed by atoms with Gasteiger partial charge in [-0.2, -0.15) is 5.10 Å². The van der Waals surface area contributed by atoms with E-state index in [1.54, 1.807) is 54.4 Å². The first kappa shape index (κ1) is 17.5. The molecule has 1 aromatic heterocycles. The molecular weight excluding hydrogens is 337 g/mol. The van der Waals surface area contributed by atoms with Crippen molar-refractivity contribution in [3.05, 3.63) is 71.8 Å². The van der Waals surface area contributed by atoms with Gasteiger partial charge in [0.25, 0.3) is 5.91 Å². The van der Waals surface area contributed by atoms with Crippen LogP contribution in [0.4, 0.5) is 10.1 Å². The second-order valence-electron chi connectivity index (χ2n) is 5.54. The van der Waals surface area contributed by atoms with Gasteiger partial charge < -0.3 is 14.8 Å². The number of ether oxygens (including phenoxy) is 2. The van der Waals surface area contributed by atoms with Crippen LogP contribution in [-0.4, -0.2) is 29.9 Å². The van der Waals surface area contributed by atoms with Crippen molar-refractivity contribution in [3.8, 4) is 11.5 Å². The van der Waals surface area contributed by atoms with E-state index in [1.165, 1.54) is 19.4 Å². The molecule has 0 saturated heterocycles. The zero-order chi connectivity index (χ0) is 18.5. The lowest BCUT2D eigenvalue weighted by atomic mass is 10.1. The van der Waals surface area contributed by atoms with Crippen LogP contribution in [0.1, 0.15) is 15.9 Å². The molecule has 1 heterocycles. The predicted molar refractivity (Wildman–Crippen MR) is 95.2 cm³/mol. The van der Waals surface area contributed by atoms with E-state index in [9.17, 15) is 9.18 Å². The molecule has 0 atom stereocenters. The summed E-state index contributed by atoms with van der Waals surface area (Å²) in [5.41, 5.74) is 1.39. The molecule has 0 aliphatic rings. The largest absolute Gasteiger partial charge is 0.497 e. The number of rotatable bonds is 6. The number of methoxy groups -OCH3 is 2. The summed E-state index contributed by atoms with van der Waals surface area (Å²) in [6.07, 6.45) is 3.15. The zero-order valence-corrected chi connectivity index (χ0v) is 14.4. The van der Waals surface area contributed by atoms with Gasteiger partial charge in [-0.15, -0.1) is 0 Å². The monoisotopic (exact) mass is 355 g/mol. The van der Waals surface area contributed by atoms with Gasteiger partial charge in [-0.1, -0.05) is 18.2 Å². The van der Waals surface area contributed by atoms with E-state index in [1.807, 2.05) is 0 Å². The second-order valence-corrected chi connectivity index (χ2v) is 5.54. The molecule has 0 aliphatic carbocycles. The van der Waals surface area contributed by atoms with Crippen molar-refractivity contribution in [1.82, 2.24) is 9.78 Å². The Morgan fingerprint density at radius 2 is 2.00 bits per heavy atom. The number of hydrogen-bond acceptors (Lipinski definition) is 4. The Bertz CT molecular complexity index is 924. The highest BCUT2D eigenvalue weighted by molar-refractivity contribution is 6.06. The van der Waals surface area contributed by atoms with Crippen LogP contribution in [0.2, 0.25) is 0 Å². The molecule has 0 unspecified atom stereocenters. The molecule has 6 nitrogen and oxygen atoms in total. The van der Waals surface area contributed by atoms with Gasteiger partial charge in [0, 0.05) is 17.8 Å². The van der Waals surface area contributed by atoms with Gasteiger partial charge in [0.1, 0.15) is 17.3 Å². The maximum atomic E-state index is 13.7. The van der Waals surface area contributed by atoms with E-state index >= 15 is 0 Å². The van der Waals surface area contributed by atoms with Crippen molar-refractivity contribution >= 4 is 11.6 Å². The summed E-state index contributed by atoms with van der Waals surface area (Å²) in [5.74, 6) is 0.364. The van der Waals surface area contributed by atoms with Crippen molar-refractivity contribution in [2.24, 2.45) is 0 Å². The SMILES string of the molecule is COc1ccc(C(=O)Nc2cnn(Cc3ccccc3F)c2)c(OC)c1. The Kier molecular flexibility index (Phi) is 5.17. The molecular formula is C19H18FN3O3. The number of anilines is 1. The normalized spacial score (nSPS) is 10.4. The molecule has 0 saturated carbocycles. The fraction of sp³-hybridized carbons (Fsp3) is 0.158. The number of halogens is 1. The van der Waals surface area contributed by atoms with E-state index in [4.69, 9.17) is 9.47 Å². The fourth-order valence-electron chi connectivity index (χ4n) is 2.50. The van der Waals surface area contributed by atoms with E-state index < -0.39 is 0 Å². The Hall–Kier alpha value is -3.35. The minimum atomic E-state index is -0.338. The maximum absolute atomic E-state index is 13.7. The summed E-state index contributed by atoms with van der Waals surface area (Å²) in [7, 11) is 3.02. The lowest BCUT2D eigenvalue weighted by Gasteiger charge is -2.10. The molecule has 1 N–H and O–H groups in total. The van der Waals surface area contributed by atoms with Crippen LogP contribution in [0.25, 0.3) is 0 Å². The highest BCUT2D eigenvalue weighted by atomic mass is 19.1. The van der Waals surface area contributed by atoms with Gasteiger partial charge in [0.05, 0.1) is 38.2 Å². The van der Waals surface area contributed by atoms with Crippen molar-refractivity contribution in [3.63, 3.8) is 0 Å². The molecule has 0 radical (unpaired) electrons. The van der Waals surface area contributed by atoms with Gasteiger partial charge in [0.2, 0.25) is 0 Å². The number of nitrogens with one attached hydrogen (secondary N) is 1. The van der Waals surface area contributed by atoms with Gasteiger partial charge in [-0.3, -0.25) is 9.48 Å². The predicted octanol–water partition coefficient (Wildman–Crippen LogP) is 3.34. The van der Waals surface area contributed by atoms with E-state index in [0.29, 0.717) is 28.3 Å². The topological polar surface area (TPSA) is 65.4 Å². The molecule has 0 aliphatic heterocycles. The first-order chi connectivity index (χ1) is 12.6. The number of carbonyl (C=O) groups is 1. The molecule has 134 valence electrons. The Labute approximate surface area is 150 Å². The average molecular weight is 355 g/mol. The summed E-state index contributed by atoms with van der Waals surface area (Å²) in [4.78, 5) is 12.5. The minimum Gasteiger partial charge on any atom is -0.497 e. The number of aromatic nitrogens is 2. The van der Waals surface area contributed by atoms with Crippen LogP contribution in [0.5, 0.6) is 11.5 Å². The molecule has 0 bridgehead atoms. The lowest BCUT2D eigenvalue weighted by Crippen LogP contribution is -2.13. The number of carbonyl (C=O) groups excluding carboxylic acids is 1. The van der Waals surface area contributed by atoms with E-state index in [2.05, 4.69) is 10.4 Å². The third kappa shape index (κ3) is 3.83. The third-order valence-electron chi connectivity index (χ3n) is 3.83. The Morgan fingerprint density at radius 1 is 1.19 bits per heavy atom. The van der Waals surface area contributed by atoms with Crippen LogP contribution in [-0.2, 0) is 6.54 Å². The molecule has 0 spiro atoms. The van der Waals surface area contributed by atoms with E-state index in [0.717, 1.165) is 0 Å². The van der Waals surface area contributed by atoms with Crippen LogP contribution >= 0.6 is 0 Å². The first-order valence-corrected chi connectivity index (χ1v) is 7.90. The van der Waals surface area contributed by atoms with Crippen LogP contribution in [0, 0.1) is 5.82 Å². The smallest absolute Gasteiger partial charge is 0.259 e. The maximum Gasteiger partial charge on any atom is 0.259 e. The van der Waals surface area contributed by atoms with Crippen molar-refractivity contribution in [2.45, 2.75) is 6.54 Å². The van der Waals surface area contributed by atoms with Crippen LogP contribution in [0.15, 0.2) is 54.9 Å².